The van der Waals surface area contributed by atoms with Crippen LogP contribution in [0.4, 0.5) is 0 Å². The van der Waals surface area contributed by atoms with Crippen LogP contribution < -0.4 is 18.9 Å². The molecule has 32 heavy (non-hydrogen) atoms. The number of esters is 1. The van der Waals surface area contributed by atoms with Crippen LogP contribution in [0.15, 0.2) is 72.5 Å². The van der Waals surface area contributed by atoms with Crippen LogP contribution in [0, 0.1) is 0 Å². The first-order chi connectivity index (χ1) is 15.5. The van der Waals surface area contributed by atoms with Gasteiger partial charge in [0.1, 0.15) is 23.0 Å². The summed E-state index contributed by atoms with van der Waals surface area (Å²) < 4.78 is 21.7. The molecule has 0 amide bonds. The molecule has 1 atom stereocenters. The van der Waals surface area contributed by atoms with Crippen LogP contribution >= 0.6 is 11.6 Å². The number of alkyl halides is 1. The lowest BCUT2D eigenvalue weighted by Gasteiger charge is -2.10. The van der Waals surface area contributed by atoms with Crippen molar-refractivity contribution in [3.8, 4) is 23.0 Å². The summed E-state index contributed by atoms with van der Waals surface area (Å²) in [6.07, 6.45) is 1.59. The second-order valence-electron chi connectivity index (χ2n) is 6.90. The summed E-state index contributed by atoms with van der Waals surface area (Å²) >= 11 is 6.22. The molecular formula is C25H19ClO6. The number of ether oxygens (including phenoxy) is 4. The fraction of sp³-hybridized carbons (Fsp3) is 0.120. The van der Waals surface area contributed by atoms with Crippen molar-refractivity contribution >= 4 is 29.4 Å². The zero-order valence-electron chi connectivity index (χ0n) is 17.3. The molecule has 0 saturated carbocycles. The summed E-state index contributed by atoms with van der Waals surface area (Å²) in [5.74, 6) is 0.914. The molecule has 0 aliphatic carbocycles. The van der Waals surface area contributed by atoms with E-state index in [0.29, 0.717) is 33.9 Å². The molecule has 6 nitrogen and oxygen atoms in total. The molecule has 0 saturated heterocycles. The molecule has 162 valence electrons. The highest BCUT2D eigenvalue weighted by Gasteiger charge is 2.29. The van der Waals surface area contributed by atoms with E-state index in [1.165, 1.54) is 19.2 Å². The zero-order chi connectivity index (χ0) is 22.7. The molecule has 0 fully saturated rings. The molecule has 1 heterocycles. The van der Waals surface area contributed by atoms with E-state index in [9.17, 15) is 9.59 Å². The third-order valence-electron chi connectivity index (χ3n) is 4.89. The predicted molar refractivity (Wildman–Crippen MR) is 120 cm³/mol. The maximum atomic E-state index is 12.8. The molecule has 1 aliphatic rings. The molecule has 4 rings (SSSR count). The lowest BCUT2D eigenvalue weighted by Crippen LogP contribution is -2.14. The lowest BCUT2D eigenvalue weighted by molar-refractivity contribution is -0.134. The number of ketones is 1. The smallest absolute Gasteiger partial charge is 0.334 e. The first-order valence-corrected chi connectivity index (χ1v) is 10.1. The highest BCUT2D eigenvalue weighted by atomic mass is 35.5. The van der Waals surface area contributed by atoms with Gasteiger partial charge in [0.2, 0.25) is 5.78 Å². The van der Waals surface area contributed by atoms with Crippen LogP contribution in [0.3, 0.4) is 0 Å². The van der Waals surface area contributed by atoms with Crippen molar-refractivity contribution in [3.63, 3.8) is 0 Å². The van der Waals surface area contributed by atoms with Crippen LogP contribution in [0.25, 0.3) is 6.08 Å². The fourth-order valence-corrected chi connectivity index (χ4v) is 3.43. The van der Waals surface area contributed by atoms with Gasteiger partial charge in [-0.15, -0.1) is 11.6 Å². The van der Waals surface area contributed by atoms with Crippen molar-refractivity contribution in [1.82, 2.24) is 0 Å². The average Bonchev–Trinajstić information content (AvgIpc) is 3.13. The summed E-state index contributed by atoms with van der Waals surface area (Å²) in [6.45, 7) is 0. The van der Waals surface area contributed by atoms with Gasteiger partial charge in [0.25, 0.3) is 0 Å². The molecule has 1 unspecified atom stereocenters. The quantitative estimate of drug-likeness (QED) is 0.222. The maximum Gasteiger partial charge on any atom is 0.334 e. The number of halogens is 1. The van der Waals surface area contributed by atoms with Crippen LogP contribution in [0.5, 0.6) is 23.0 Å². The summed E-state index contributed by atoms with van der Waals surface area (Å²) in [4.78, 5) is 25.2. The van der Waals surface area contributed by atoms with E-state index in [1.54, 1.807) is 61.7 Å². The van der Waals surface area contributed by atoms with E-state index in [0.717, 1.165) is 0 Å². The normalized spacial score (nSPS) is 14.5. The van der Waals surface area contributed by atoms with Crippen molar-refractivity contribution in [2.45, 2.75) is 5.38 Å². The highest BCUT2D eigenvalue weighted by Crippen LogP contribution is 2.37. The van der Waals surface area contributed by atoms with Gasteiger partial charge in [-0.2, -0.15) is 0 Å². The minimum Gasteiger partial charge on any atom is -0.497 e. The number of fused-ring (bicyclic) bond motifs is 1. The number of hydrogen-bond acceptors (Lipinski definition) is 6. The minimum atomic E-state index is -0.954. The Hall–Kier alpha value is -3.77. The number of allylic oxidation sites excluding steroid dienone is 1. The number of rotatable bonds is 6. The Morgan fingerprint density at radius 1 is 0.969 bits per heavy atom. The first kappa shape index (κ1) is 21.5. The van der Waals surface area contributed by atoms with E-state index in [2.05, 4.69) is 0 Å². The molecule has 3 aromatic carbocycles. The van der Waals surface area contributed by atoms with Gasteiger partial charge in [-0.25, -0.2) is 4.79 Å². The number of carbonyl (C=O) groups excluding carboxylic acids is 2. The Morgan fingerprint density at radius 3 is 2.44 bits per heavy atom. The molecule has 0 radical (unpaired) electrons. The summed E-state index contributed by atoms with van der Waals surface area (Å²) in [7, 11) is 3.09. The largest absolute Gasteiger partial charge is 0.497 e. The molecular weight excluding hydrogens is 432 g/mol. The number of hydrogen-bond donors (Lipinski definition) is 0. The molecule has 7 heteroatoms. The van der Waals surface area contributed by atoms with Gasteiger partial charge in [-0.05, 0) is 35.9 Å². The van der Waals surface area contributed by atoms with Gasteiger partial charge < -0.3 is 18.9 Å². The predicted octanol–water partition coefficient (Wildman–Crippen LogP) is 5.21. The topological polar surface area (TPSA) is 71.1 Å². The van der Waals surface area contributed by atoms with Crippen LogP contribution in [0.1, 0.15) is 26.9 Å². The van der Waals surface area contributed by atoms with E-state index in [4.69, 9.17) is 30.5 Å². The molecule has 0 N–H and O–H groups in total. The monoisotopic (exact) mass is 450 g/mol. The fourth-order valence-electron chi connectivity index (χ4n) is 3.24. The number of methoxy groups -OCH3 is 2. The Bertz CT molecular complexity index is 1200. The Kier molecular flexibility index (Phi) is 6.14. The maximum absolute atomic E-state index is 12.8. The number of benzene rings is 3. The summed E-state index contributed by atoms with van der Waals surface area (Å²) in [5, 5.41) is -0.954. The molecule has 0 bridgehead atoms. The van der Waals surface area contributed by atoms with E-state index >= 15 is 0 Å². The third-order valence-corrected chi connectivity index (χ3v) is 5.32. The van der Waals surface area contributed by atoms with Crippen LogP contribution in [-0.2, 0) is 4.79 Å². The highest BCUT2D eigenvalue weighted by molar-refractivity contribution is 6.30. The second-order valence-corrected chi connectivity index (χ2v) is 7.34. The van der Waals surface area contributed by atoms with E-state index < -0.39 is 11.3 Å². The van der Waals surface area contributed by atoms with Gasteiger partial charge >= 0.3 is 5.97 Å². The first-order valence-electron chi connectivity index (χ1n) is 9.71. The van der Waals surface area contributed by atoms with Crippen molar-refractivity contribution in [3.05, 3.63) is 89.2 Å². The van der Waals surface area contributed by atoms with Gasteiger partial charge in [0, 0.05) is 17.7 Å². The Labute approximate surface area is 189 Å². The number of Topliss-reactive ketones (excluding diaryl/α,β-unsaturated/α-hetero) is 1. The van der Waals surface area contributed by atoms with Crippen molar-refractivity contribution in [1.29, 1.82) is 0 Å². The van der Waals surface area contributed by atoms with Crippen molar-refractivity contribution in [2.75, 3.05) is 14.2 Å². The minimum absolute atomic E-state index is 0.131. The second kappa shape index (κ2) is 9.16. The van der Waals surface area contributed by atoms with Gasteiger partial charge in [0.15, 0.2) is 11.1 Å². The Morgan fingerprint density at radius 2 is 1.72 bits per heavy atom. The molecule has 0 aromatic heterocycles. The zero-order valence-corrected chi connectivity index (χ0v) is 18.1. The summed E-state index contributed by atoms with van der Waals surface area (Å²) in [6, 6.07) is 18.7. The SMILES string of the molecule is COc1ccc(/C=C2\Oc3cc(OC(=O)C(Cl)c4ccccc4)ccc3C2=O)c(OC)c1. The van der Waals surface area contributed by atoms with Gasteiger partial charge in [0.05, 0.1) is 19.8 Å². The average molecular weight is 451 g/mol. The van der Waals surface area contributed by atoms with Crippen molar-refractivity contribution in [2.24, 2.45) is 0 Å². The van der Waals surface area contributed by atoms with Gasteiger partial charge in [-0.3, -0.25) is 4.79 Å². The number of carbonyl (C=O) groups is 2. The summed E-state index contributed by atoms with van der Waals surface area (Å²) in [5.41, 5.74) is 1.66. The van der Waals surface area contributed by atoms with Crippen LogP contribution in [-0.4, -0.2) is 26.0 Å². The standard InChI is InChI=1S/C25H19ClO6/c1-29-17-9-8-16(20(13-17)30-2)12-22-24(27)19-11-10-18(14-21(19)32-22)31-25(28)23(26)15-6-4-3-5-7-15/h3-14,23H,1-2H3/b22-12-. The molecule has 0 spiro atoms. The van der Waals surface area contributed by atoms with Crippen LogP contribution in [0.2, 0.25) is 0 Å². The van der Waals surface area contributed by atoms with Gasteiger partial charge in [-0.1, -0.05) is 30.3 Å². The van der Waals surface area contributed by atoms with Crippen molar-refractivity contribution < 1.29 is 28.5 Å². The molecule has 3 aromatic rings. The molecule has 1 aliphatic heterocycles. The van der Waals surface area contributed by atoms with E-state index in [1.807, 2.05) is 6.07 Å². The lowest BCUT2D eigenvalue weighted by atomic mass is 10.1. The third kappa shape index (κ3) is 4.31. The Balaban J connectivity index is 1.54. The van der Waals surface area contributed by atoms with E-state index in [-0.39, 0.29) is 17.3 Å².